The lowest BCUT2D eigenvalue weighted by molar-refractivity contribution is -0.120. The molecule has 0 spiro atoms. The summed E-state index contributed by atoms with van der Waals surface area (Å²) in [6.45, 7) is 1.86. The topological polar surface area (TPSA) is 122 Å². The minimum absolute atomic E-state index is 0.00866. The van der Waals surface area contributed by atoms with Crippen molar-refractivity contribution in [1.82, 2.24) is 15.1 Å². The van der Waals surface area contributed by atoms with E-state index in [0.29, 0.717) is 10.7 Å². The molecular weight excluding hydrogens is 378 g/mol. The zero-order valence-corrected chi connectivity index (χ0v) is 16.3. The van der Waals surface area contributed by atoms with Crippen LogP contribution in [0.3, 0.4) is 0 Å². The maximum absolute atomic E-state index is 12.0. The highest BCUT2D eigenvalue weighted by Gasteiger charge is 2.21. The Morgan fingerprint density at radius 3 is 2.57 bits per heavy atom. The van der Waals surface area contributed by atoms with Gasteiger partial charge in [-0.25, -0.2) is 4.68 Å². The van der Waals surface area contributed by atoms with Gasteiger partial charge in [-0.3, -0.25) is 9.59 Å². The third kappa shape index (κ3) is 7.18. The smallest absolute Gasteiger partial charge is 0.244 e. The van der Waals surface area contributed by atoms with Gasteiger partial charge < -0.3 is 21.5 Å². The molecule has 1 aliphatic heterocycles. The van der Waals surface area contributed by atoms with Gasteiger partial charge in [-0.05, 0) is 31.5 Å². The van der Waals surface area contributed by atoms with Crippen molar-refractivity contribution < 1.29 is 14.7 Å². The average molecular weight is 404 g/mol. The van der Waals surface area contributed by atoms with E-state index in [1.54, 1.807) is 6.20 Å². The van der Waals surface area contributed by atoms with Crippen molar-refractivity contribution in [1.29, 1.82) is 0 Å². The molecule has 1 fully saturated rings. The van der Waals surface area contributed by atoms with Crippen molar-refractivity contribution in [2.24, 2.45) is 11.7 Å². The van der Waals surface area contributed by atoms with Gasteiger partial charge in [0, 0.05) is 12.0 Å². The summed E-state index contributed by atoms with van der Waals surface area (Å²) in [6, 6.07) is 9.52. The van der Waals surface area contributed by atoms with Gasteiger partial charge in [0.05, 0.1) is 24.7 Å². The number of aromatic nitrogens is 2. The minimum Gasteiger partial charge on any atom is -0.392 e. The summed E-state index contributed by atoms with van der Waals surface area (Å²) in [5, 5.41) is 18.9. The van der Waals surface area contributed by atoms with Crippen molar-refractivity contribution in [3.8, 4) is 0 Å². The molecule has 2 aromatic rings. The number of nitrogens with one attached hydrogen (secondary N) is 2. The first-order valence-electron chi connectivity index (χ1n) is 8.91. The number of carbonyl (C=O) groups is 2. The Balaban J connectivity index is 0.000000292. The molecule has 3 rings (SSSR count). The molecule has 5 N–H and O–H groups in total. The summed E-state index contributed by atoms with van der Waals surface area (Å²) in [7, 11) is 0. The fraction of sp³-hybridized carbons (Fsp3) is 0.316. The molecule has 0 unspecified atom stereocenters. The number of hydrogen-bond donors (Lipinski definition) is 5. The second-order valence-electron chi connectivity index (χ2n) is 6.24. The van der Waals surface area contributed by atoms with Crippen molar-refractivity contribution in [2.45, 2.75) is 19.4 Å². The van der Waals surface area contributed by atoms with Gasteiger partial charge in [-0.1, -0.05) is 30.3 Å². The molecule has 150 valence electrons. The summed E-state index contributed by atoms with van der Waals surface area (Å²) in [4.78, 5) is 22.8. The van der Waals surface area contributed by atoms with Crippen LogP contribution in [0.15, 0.2) is 48.8 Å². The Labute approximate surface area is 169 Å². The van der Waals surface area contributed by atoms with Crippen molar-refractivity contribution in [3.05, 3.63) is 54.4 Å². The van der Waals surface area contributed by atoms with Crippen LogP contribution in [0.2, 0.25) is 0 Å². The number of hydrogen-bond acceptors (Lipinski definition) is 6. The lowest BCUT2D eigenvalue weighted by Crippen LogP contribution is -2.34. The first-order valence-corrected chi connectivity index (χ1v) is 9.36. The Hall–Kier alpha value is -2.62. The summed E-state index contributed by atoms with van der Waals surface area (Å²) >= 11 is 4.10. The van der Waals surface area contributed by atoms with E-state index in [0.717, 1.165) is 37.6 Å². The Morgan fingerprint density at radius 2 is 2.00 bits per heavy atom. The van der Waals surface area contributed by atoms with E-state index >= 15 is 0 Å². The number of thiol groups is 1. The van der Waals surface area contributed by atoms with Crippen LogP contribution in [0.1, 0.15) is 18.4 Å². The lowest BCUT2D eigenvalue weighted by atomic mass is 9.97. The molecule has 1 aromatic carbocycles. The number of rotatable bonds is 5. The van der Waals surface area contributed by atoms with Crippen LogP contribution in [-0.2, 0) is 16.2 Å². The first kappa shape index (κ1) is 21.7. The van der Waals surface area contributed by atoms with Crippen LogP contribution >= 0.6 is 12.6 Å². The molecule has 8 nitrogen and oxygen atoms in total. The van der Waals surface area contributed by atoms with Gasteiger partial charge in [-0.2, -0.15) is 5.10 Å². The molecule has 2 heterocycles. The van der Waals surface area contributed by atoms with Gasteiger partial charge >= 0.3 is 0 Å². The van der Waals surface area contributed by atoms with Crippen LogP contribution in [0.4, 0.5) is 5.69 Å². The molecule has 0 atom stereocenters. The normalized spacial score (nSPS) is 14.7. The molecule has 1 aromatic heterocycles. The van der Waals surface area contributed by atoms with Crippen LogP contribution < -0.4 is 16.4 Å². The third-order valence-corrected chi connectivity index (χ3v) is 4.43. The van der Waals surface area contributed by atoms with Crippen LogP contribution in [-0.4, -0.2) is 39.8 Å². The zero-order chi connectivity index (χ0) is 20.4. The zero-order valence-electron chi connectivity index (χ0n) is 15.4. The SMILES string of the molecule is NC(=O)/C=C(\S)n1cc(NC(=O)C2CCNCC2)cn1.OCc1ccccc1. The van der Waals surface area contributed by atoms with E-state index in [1.165, 1.54) is 10.9 Å². The van der Waals surface area contributed by atoms with E-state index in [2.05, 4.69) is 28.4 Å². The number of piperidine rings is 1. The number of amides is 2. The van der Waals surface area contributed by atoms with Crippen LogP contribution in [0.25, 0.3) is 5.03 Å². The molecule has 0 saturated carbocycles. The van der Waals surface area contributed by atoms with Gasteiger partial charge in [0.25, 0.3) is 0 Å². The largest absolute Gasteiger partial charge is 0.392 e. The third-order valence-electron chi connectivity index (χ3n) is 4.09. The monoisotopic (exact) mass is 403 g/mol. The second-order valence-corrected chi connectivity index (χ2v) is 6.69. The molecule has 1 saturated heterocycles. The predicted octanol–water partition coefficient (Wildman–Crippen LogP) is 1.21. The fourth-order valence-electron chi connectivity index (χ4n) is 2.62. The number of nitrogens with two attached hydrogens (primary N) is 1. The number of nitrogens with zero attached hydrogens (tertiary/aromatic N) is 2. The average Bonchev–Trinajstić information content (AvgIpc) is 3.18. The van der Waals surface area contributed by atoms with Crippen molar-refractivity contribution in [2.75, 3.05) is 18.4 Å². The van der Waals surface area contributed by atoms with Gasteiger partial charge in [0.15, 0.2) is 0 Å². The molecular formula is C19H25N5O3S. The Bertz CT molecular complexity index is 801. The van der Waals surface area contributed by atoms with E-state index in [9.17, 15) is 9.59 Å². The van der Waals surface area contributed by atoms with Crippen LogP contribution in [0.5, 0.6) is 0 Å². The Kier molecular flexibility index (Phi) is 8.73. The molecule has 0 bridgehead atoms. The highest BCUT2D eigenvalue weighted by atomic mass is 32.1. The molecule has 0 radical (unpaired) electrons. The van der Waals surface area contributed by atoms with Gasteiger partial charge in [0.2, 0.25) is 11.8 Å². The number of aliphatic hydroxyl groups excluding tert-OH is 1. The predicted molar refractivity (Wildman–Crippen MR) is 111 cm³/mol. The molecule has 2 amide bonds. The fourth-order valence-corrected chi connectivity index (χ4v) is 2.85. The standard InChI is InChI=1S/C12H17N5O2S.C7H8O/c13-10(18)5-11(20)17-7-9(6-15-17)16-12(19)8-1-3-14-4-2-8;8-6-7-4-2-1-3-5-7/h5-8,14,20H,1-4H2,(H2,13,18)(H,16,19);1-5,8H,6H2/b11-5-;. The quantitative estimate of drug-likeness (QED) is 0.379. The highest BCUT2D eigenvalue weighted by Crippen LogP contribution is 2.17. The molecule has 9 heteroatoms. The van der Waals surface area contributed by atoms with E-state index in [4.69, 9.17) is 10.8 Å². The van der Waals surface area contributed by atoms with Gasteiger partial charge in [-0.15, -0.1) is 12.6 Å². The van der Waals surface area contributed by atoms with E-state index in [-0.39, 0.29) is 18.4 Å². The van der Waals surface area contributed by atoms with Crippen LogP contribution in [0, 0.1) is 5.92 Å². The lowest BCUT2D eigenvalue weighted by Gasteiger charge is -2.21. The Morgan fingerprint density at radius 1 is 1.32 bits per heavy atom. The number of benzene rings is 1. The number of primary amides is 1. The molecule has 1 aliphatic rings. The number of aliphatic hydroxyl groups is 1. The number of carbonyl (C=O) groups excluding carboxylic acids is 2. The van der Waals surface area contributed by atoms with E-state index in [1.807, 2.05) is 30.3 Å². The second kappa shape index (κ2) is 11.3. The maximum Gasteiger partial charge on any atom is 0.244 e. The summed E-state index contributed by atoms with van der Waals surface area (Å²) < 4.78 is 1.37. The number of anilines is 1. The first-order chi connectivity index (χ1) is 13.5. The van der Waals surface area contributed by atoms with Crippen molar-refractivity contribution in [3.63, 3.8) is 0 Å². The van der Waals surface area contributed by atoms with E-state index < -0.39 is 5.91 Å². The summed E-state index contributed by atoms with van der Waals surface area (Å²) in [5.74, 6) is -0.590. The molecule has 0 aliphatic carbocycles. The summed E-state index contributed by atoms with van der Waals surface area (Å²) in [5.41, 5.74) is 6.57. The minimum atomic E-state index is -0.606. The maximum atomic E-state index is 12.0. The highest BCUT2D eigenvalue weighted by molar-refractivity contribution is 7.90. The molecule has 28 heavy (non-hydrogen) atoms. The summed E-state index contributed by atoms with van der Waals surface area (Å²) in [6.07, 6.45) is 5.90. The van der Waals surface area contributed by atoms with Crippen molar-refractivity contribution >= 4 is 35.2 Å². The van der Waals surface area contributed by atoms with Gasteiger partial charge in [0.1, 0.15) is 5.03 Å².